The Balaban J connectivity index is 2.05. The molecule has 1 heterocycles. The Bertz CT molecular complexity index is 113. The van der Waals surface area contributed by atoms with E-state index in [2.05, 4.69) is 17.3 Å². The Labute approximate surface area is 75.1 Å². The summed E-state index contributed by atoms with van der Waals surface area (Å²) in [6.45, 7) is 4.37. The Hall–Kier alpha value is -0.120. The molecule has 12 heavy (non-hydrogen) atoms. The van der Waals surface area contributed by atoms with Crippen LogP contribution in [0.4, 0.5) is 0 Å². The Morgan fingerprint density at radius 1 is 1.58 bits per heavy atom. The average Bonchev–Trinajstić information content (AvgIpc) is 2.56. The molecule has 1 aliphatic heterocycles. The van der Waals surface area contributed by atoms with Gasteiger partial charge in [0.15, 0.2) is 0 Å². The number of ether oxygens (including phenoxy) is 1. The second-order valence-corrected chi connectivity index (χ2v) is 3.47. The van der Waals surface area contributed by atoms with Crippen molar-refractivity contribution in [3.05, 3.63) is 0 Å². The maximum Gasteiger partial charge on any atom is 0.0474 e. The van der Waals surface area contributed by atoms with Gasteiger partial charge in [-0.2, -0.15) is 0 Å². The number of nitrogens with zero attached hydrogens (tertiary/aromatic N) is 1. The van der Waals surface area contributed by atoms with Crippen LogP contribution in [0.25, 0.3) is 0 Å². The van der Waals surface area contributed by atoms with Crippen molar-refractivity contribution in [2.75, 3.05) is 40.4 Å². The normalized spacial score (nSPS) is 23.8. The summed E-state index contributed by atoms with van der Waals surface area (Å²) in [6, 6.07) is 0.752. The SMILES string of the molecule is COCCCN(C)C1CCNC1. The van der Waals surface area contributed by atoms with Gasteiger partial charge in [0.25, 0.3) is 0 Å². The lowest BCUT2D eigenvalue weighted by Gasteiger charge is -2.22. The first kappa shape index (κ1) is 9.96. The van der Waals surface area contributed by atoms with E-state index in [1.54, 1.807) is 7.11 Å². The van der Waals surface area contributed by atoms with Crippen LogP contribution in [0.15, 0.2) is 0 Å². The molecule has 0 aromatic rings. The molecule has 72 valence electrons. The standard InChI is InChI=1S/C9H20N2O/c1-11(6-3-7-12-2)9-4-5-10-8-9/h9-10H,3-8H2,1-2H3. The predicted molar refractivity (Wildman–Crippen MR) is 50.4 cm³/mol. The van der Waals surface area contributed by atoms with Crippen LogP contribution in [0.1, 0.15) is 12.8 Å². The molecule has 1 unspecified atom stereocenters. The van der Waals surface area contributed by atoms with E-state index in [1.165, 1.54) is 13.0 Å². The maximum absolute atomic E-state index is 5.01. The zero-order valence-corrected chi connectivity index (χ0v) is 8.18. The van der Waals surface area contributed by atoms with Crippen molar-refractivity contribution in [3.63, 3.8) is 0 Å². The summed E-state index contributed by atoms with van der Waals surface area (Å²) in [5, 5.41) is 3.37. The van der Waals surface area contributed by atoms with E-state index >= 15 is 0 Å². The van der Waals surface area contributed by atoms with E-state index in [9.17, 15) is 0 Å². The molecule has 1 fully saturated rings. The lowest BCUT2D eigenvalue weighted by molar-refractivity contribution is 0.168. The second-order valence-electron chi connectivity index (χ2n) is 3.47. The van der Waals surface area contributed by atoms with Crippen LogP contribution in [0.3, 0.4) is 0 Å². The largest absolute Gasteiger partial charge is 0.385 e. The summed E-state index contributed by atoms with van der Waals surface area (Å²) < 4.78 is 5.01. The molecule has 0 radical (unpaired) electrons. The number of hydrogen-bond acceptors (Lipinski definition) is 3. The number of methoxy groups -OCH3 is 1. The number of hydrogen-bond donors (Lipinski definition) is 1. The van der Waals surface area contributed by atoms with Gasteiger partial charge in [-0.25, -0.2) is 0 Å². The first-order valence-electron chi connectivity index (χ1n) is 4.74. The van der Waals surface area contributed by atoms with Gasteiger partial charge in [0.2, 0.25) is 0 Å². The fraction of sp³-hybridized carbons (Fsp3) is 1.00. The van der Waals surface area contributed by atoms with Crippen molar-refractivity contribution in [1.29, 1.82) is 0 Å². The molecule has 1 rings (SSSR count). The predicted octanol–water partition coefficient (Wildman–Crippen LogP) is 0.317. The van der Waals surface area contributed by atoms with E-state index in [-0.39, 0.29) is 0 Å². The molecule has 1 aliphatic rings. The third-order valence-corrected chi connectivity index (χ3v) is 2.52. The summed E-state index contributed by atoms with van der Waals surface area (Å²) in [6.07, 6.45) is 2.44. The zero-order valence-electron chi connectivity index (χ0n) is 8.18. The van der Waals surface area contributed by atoms with Crippen molar-refractivity contribution in [3.8, 4) is 0 Å². The fourth-order valence-electron chi connectivity index (χ4n) is 1.66. The number of nitrogens with one attached hydrogen (secondary N) is 1. The first-order chi connectivity index (χ1) is 5.84. The van der Waals surface area contributed by atoms with E-state index in [4.69, 9.17) is 4.74 Å². The molecule has 0 saturated carbocycles. The van der Waals surface area contributed by atoms with Crippen LogP contribution < -0.4 is 5.32 Å². The van der Waals surface area contributed by atoms with Crippen LogP contribution in [0.5, 0.6) is 0 Å². The molecule has 1 saturated heterocycles. The molecule has 0 aromatic heterocycles. The summed E-state index contributed by atoms with van der Waals surface area (Å²) in [4.78, 5) is 2.43. The third-order valence-electron chi connectivity index (χ3n) is 2.52. The fourth-order valence-corrected chi connectivity index (χ4v) is 1.66. The van der Waals surface area contributed by atoms with Crippen LogP contribution >= 0.6 is 0 Å². The minimum atomic E-state index is 0.752. The lowest BCUT2D eigenvalue weighted by atomic mass is 10.2. The molecular formula is C9H20N2O. The van der Waals surface area contributed by atoms with Crippen molar-refractivity contribution in [1.82, 2.24) is 10.2 Å². The molecule has 0 aliphatic carbocycles. The highest BCUT2D eigenvalue weighted by Gasteiger charge is 2.17. The highest BCUT2D eigenvalue weighted by atomic mass is 16.5. The maximum atomic E-state index is 5.01. The first-order valence-corrected chi connectivity index (χ1v) is 4.74. The highest BCUT2D eigenvalue weighted by molar-refractivity contribution is 4.78. The average molecular weight is 172 g/mol. The Morgan fingerprint density at radius 2 is 2.42 bits per heavy atom. The van der Waals surface area contributed by atoms with Gasteiger partial charge in [0.05, 0.1) is 0 Å². The second kappa shape index (κ2) is 5.51. The summed E-state index contributed by atoms with van der Waals surface area (Å²) in [5.74, 6) is 0. The highest BCUT2D eigenvalue weighted by Crippen LogP contribution is 2.05. The van der Waals surface area contributed by atoms with E-state index in [0.717, 1.165) is 32.2 Å². The lowest BCUT2D eigenvalue weighted by Crippen LogP contribution is -2.34. The van der Waals surface area contributed by atoms with Gasteiger partial charge in [-0.1, -0.05) is 0 Å². The molecule has 0 spiro atoms. The zero-order chi connectivity index (χ0) is 8.81. The van der Waals surface area contributed by atoms with Gasteiger partial charge in [0, 0.05) is 32.8 Å². The third kappa shape index (κ3) is 3.09. The molecule has 3 nitrogen and oxygen atoms in total. The quantitative estimate of drug-likeness (QED) is 0.604. The summed E-state index contributed by atoms with van der Waals surface area (Å²) in [7, 11) is 3.96. The molecule has 1 N–H and O–H groups in total. The molecular weight excluding hydrogens is 152 g/mol. The smallest absolute Gasteiger partial charge is 0.0474 e. The molecule has 0 bridgehead atoms. The van der Waals surface area contributed by atoms with Gasteiger partial charge in [0.1, 0.15) is 0 Å². The minimum absolute atomic E-state index is 0.752. The Kier molecular flexibility index (Phi) is 4.58. The van der Waals surface area contributed by atoms with Crippen molar-refractivity contribution in [2.45, 2.75) is 18.9 Å². The van der Waals surface area contributed by atoms with Crippen molar-refractivity contribution >= 4 is 0 Å². The molecule has 0 amide bonds. The van der Waals surface area contributed by atoms with Gasteiger partial charge in [-0.05, 0) is 26.4 Å². The monoisotopic (exact) mass is 172 g/mol. The van der Waals surface area contributed by atoms with Crippen LogP contribution in [0.2, 0.25) is 0 Å². The number of likely N-dealkylation sites (N-methyl/N-ethyl adjacent to an activating group) is 1. The summed E-state index contributed by atoms with van der Waals surface area (Å²) >= 11 is 0. The minimum Gasteiger partial charge on any atom is -0.385 e. The molecule has 1 atom stereocenters. The molecule has 3 heteroatoms. The summed E-state index contributed by atoms with van der Waals surface area (Å²) in [5.41, 5.74) is 0. The number of rotatable bonds is 5. The van der Waals surface area contributed by atoms with E-state index < -0.39 is 0 Å². The molecule has 0 aromatic carbocycles. The van der Waals surface area contributed by atoms with Gasteiger partial charge >= 0.3 is 0 Å². The van der Waals surface area contributed by atoms with E-state index in [0.29, 0.717) is 0 Å². The van der Waals surface area contributed by atoms with Gasteiger partial charge in [-0.3, -0.25) is 0 Å². The van der Waals surface area contributed by atoms with Gasteiger partial charge in [-0.15, -0.1) is 0 Å². The van der Waals surface area contributed by atoms with Crippen molar-refractivity contribution in [2.24, 2.45) is 0 Å². The van der Waals surface area contributed by atoms with Crippen LogP contribution in [0, 0.1) is 0 Å². The topological polar surface area (TPSA) is 24.5 Å². The van der Waals surface area contributed by atoms with E-state index in [1.807, 2.05) is 0 Å². The Morgan fingerprint density at radius 3 is 3.00 bits per heavy atom. The van der Waals surface area contributed by atoms with Gasteiger partial charge < -0.3 is 15.0 Å². The van der Waals surface area contributed by atoms with Crippen LogP contribution in [-0.4, -0.2) is 51.3 Å². The van der Waals surface area contributed by atoms with Crippen molar-refractivity contribution < 1.29 is 4.74 Å². The van der Waals surface area contributed by atoms with Crippen LogP contribution in [-0.2, 0) is 4.74 Å².